The Morgan fingerprint density at radius 2 is 1.81 bits per heavy atom. The van der Waals surface area contributed by atoms with Gasteiger partial charge in [0, 0.05) is 12.1 Å². The molecular weight excluding hydrogens is 684 g/mol. The van der Waals surface area contributed by atoms with Crippen LogP contribution >= 0.6 is 0 Å². The van der Waals surface area contributed by atoms with Crippen molar-refractivity contribution in [2.45, 2.75) is 72.3 Å². The number of carbonyl (C=O) groups excluding carboxylic acids is 3. The lowest BCUT2D eigenvalue weighted by molar-refractivity contribution is -0.163. The van der Waals surface area contributed by atoms with Gasteiger partial charge in [-0.15, -0.1) is 0 Å². The fraction of sp³-hybridized carbons (Fsp3) is 0.387. The molecule has 0 bridgehead atoms. The summed E-state index contributed by atoms with van der Waals surface area (Å²) in [7, 11) is 0.474. The second-order valence-electron chi connectivity index (χ2n) is 10.2. The molecule has 2 aromatic rings. The van der Waals surface area contributed by atoms with Crippen molar-refractivity contribution in [1.82, 2.24) is 0 Å². The van der Waals surface area contributed by atoms with Gasteiger partial charge >= 0.3 is 23.9 Å². The van der Waals surface area contributed by atoms with E-state index in [1.54, 1.807) is 36.4 Å². The highest BCUT2D eigenvalue weighted by Crippen LogP contribution is 2.46. The Hall–Kier alpha value is -2.89. The number of carbonyl (C=O) groups is 3. The van der Waals surface area contributed by atoms with Gasteiger partial charge in [0.2, 0.25) is 21.3 Å². The molecule has 2 aliphatic carbocycles. The summed E-state index contributed by atoms with van der Waals surface area (Å²) in [5.74, 6) is -1.45. The Bertz CT molecular complexity index is 1440. The number of fused-ring (bicyclic) bond motifs is 2. The third kappa shape index (κ3) is 6.23. The molecule has 0 radical (unpaired) electrons. The molecule has 0 saturated heterocycles. The first-order chi connectivity index (χ1) is 19.6. The molecule has 222 valence electrons. The van der Waals surface area contributed by atoms with Crippen LogP contribution in [-0.2, 0) is 25.2 Å². The van der Waals surface area contributed by atoms with Crippen LogP contribution in [0.1, 0.15) is 66.2 Å². The van der Waals surface area contributed by atoms with Gasteiger partial charge in [-0.3, -0.25) is 0 Å². The zero-order valence-corrected chi connectivity index (χ0v) is 26.0. The van der Waals surface area contributed by atoms with Gasteiger partial charge in [-0.1, -0.05) is 19.1 Å². The highest BCUT2D eigenvalue weighted by atomic mass is 127. The van der Waals surface area contributed by atoms with Gasteiger partial charge < -0.3 is 38.2 Å². The molecule has 0 amide bonds. The lowest BCUT2D eigenvalue weighted by Crippen LogP contribution is -3.00. The molecule has 5 rings (SSSR count). The largest absolute Gasteiger partial charge is 1.00 e. The number of ether oxygens (including phenoxy) is 3. The summed E-state index contributed by atoms with van der Waals surface area (Å²) < 4.78 is 57.1. The summed E-state index contributed by atoms with van der Waals surface area (Å²) in [6.45, 7) is 1.42. The topological polar surface area (TPSA) is 78.9 Å². The molecular formula is C31H29F3IO6S+. The van der Waals surface area contributed by atoms with Crippen molar-refractivity contribution in [2.24, 2.45) is 0 Å². The van der Waals surface area contributed by atoms with Crippen LogP contribution in [0.4, 0.5) is 13.2 Å². The number of halogens is 4. The average Bonchev–Trinajstić information content (AvgIpc) is 3.44. The van der Waals surface area contributed by atoms with E-state index in [1.165, 1.54) is 13.2 Å². The van der Waals surface area contributed by atoms with Crippen LogP contribution in [0.3, 0.4) is 0 Å². The van der Waals surface area contributed by atoms with Gasteiger partial charge in [0.1, 0.15) is 11.2 Å². The Kier molecular flexibility index (Phi) is 9.74. The minimum absolute atomic E-state index is 0. The quantitative estimate of drug-likeness (QED) is 0.190. The average molecular weight is 714 g/mol. The molecule has 1 aliphatic heterocycles. The molecule has 0 N–H and O–H groups in total. The highest BCUT2D eigenvalue weighted by Gasteiger charge is 2.57. The predicted octanol–water partition coefficient (Wildman–Crippen LogP) is 3.35. The van der Waals surface area contributed by atoms with Crippen LogP contribution in [0, 0.1) is 6.08 Å². The van der Waals surface area contributed by atoms with Gasteiger partial charge in [0.05, 0.1) is 36.1 Å². The summed E-state index contributed by atoms with van der Waals surface area (Å²) in [4.78, 5) is 40.0. The molecule has 2 unspecified atom stereocenters. The molecule has 1 fully saturated rings. The zero-order chi connectivity index (χ0) is 29.4. The minimum Gasteiger partial charge on any atom is -1.00 e. The number of alkyl halides is 3. The van der Waals surface area contributed by atoms with E-state index < -0.39 is 57.8 Å². The summed E-state index contributed by atoms with van der Waals surface area (Å²) in [5.41, 5.74) is -1.10. The number of methoxy groups -OCH3 is 1. The van der Waals surface area contributed by atoms with E-state index in [1.807, 2.05) is 6.92 Å². The van der Waals surface area contributed by atoms with Crippen LogP contribution in [-0.4, -0.2) is 48.5 Å². The number of rotatable bonds is 7. The number of esters is 2. The van der Waals surface area contributed by atoms with Crippen molar-refractivity contribution in [2.75, 3.05) is 13.7 Å². The molecule has 0 spiro atoms. The number of hydrogen-bond donors (Lipinski definition) is 0. The van der Waals surface area contributed by atoms with Gasteiger partial charge in [-0.2, -0.15) is 13.2 Å². The second kappa shape index (κ2) is 12.8. The summed E-state index contributed by atoms with van der Waals surface area (Å²) in [6.07, 6.45) is 2.96. The number of Topliss-reactive ketones (excluding diaryl/α,β-unsaturated/α-hetero) is 1. The van der Waals surface area contributed by atoms with Crippen LogP contribution in [0.15, 0.2) is 69.5 Å². The number of hydrogen-bond acceptors (Lipinski definition) is 6. The standard InChI is InChI=1S/C31H29F3O6S.HI/c1-3-30(14-6-7-15-30)40-27(35)18-39-29(37)19-10-12-23(38-2)26(16-19)41-24-9-5-4-8-21(24)28(36)22-17-20(31(32,33)34)11-13-25(22)41;/h4-5,8-12,16,25H,3,6-7,13-15,18H2,1-2H3;1H/q+2;/p-1. The number of ketones is 1. The summed E-state index contributed by atoms with van der Waals surface area (Å²) in [5, 5.41) is -0.629. The van der Waals surface area contributed by atoms with Crippen LogP contribution < -0.4 is 28.7 Å². The third-order valence-electron chi connectivity index (χ3n) is 7.78. The Morgan fingerprint density at radius 1 is 1.10 bits per heavy atom. The third-order valence-corrected chi connectivity index (χ3v) is 10.4. The van der Waals surface area contributed by atoms with Crippen molar-refractivity contribution in [3.05, 3.63) is 76.9 Å². The summed E-state index contributed by atoms with van der Waals surface area (Å²) >= 11 is 0. The first-order valence-corrected chi connectivity index (χ1v) is 14.7. The van der Waals surface area contributed by atoms with Crippen molar-refractivity contribution in [1.29, 1.82) is 0 Å². The van der Waals surface area contributed by atoms with E-state index in [9.17, 15) is 27.6 Å². The second-order valence-corrected chi connectivity index (χ2v) is 12.3. The van der Waals surface area contributed by atoms with Crippen molar-refractivity contribution in [3.8, 4) is 5.75 Å². The first-order valence-electron chi connectivity index (χ1n) is 13.4. The van der Waals surface area contributed by atoms with E-state index in [2.05, 4.69) is 6.08 Å². The Morgan fingerprint density at radius 3 is 2.48 bits per heavy atom. The molecule has 3 aliphatic rings. The highest BCUT2D eigenvalue weighted by molar-refractivity contribution is 7.98. The number of allylic oxidation sites excluding steroid dienone is 3. The van der Waals surface area contributed by atoms with Crippen molar-refractivity contribution in [3.63, 3.8) is 0 Å². The van der Waals surface area contributed by atoms with Gasteiger partial charge in [0.25, 0.3) is 0 Å². The van der Waals surface area contributed by atoms with Gasteiger partial charge in [-0.05, 0) is 56.4 Å². The van der Waals surface area contributed by atoms with E-state index in [-0.39, 0.29) is 47.1 Å². The Labute approximate surface area is 262 Å². The molecule has 2 atom stereocenters. The smallest absolute Gasteiger partial charge is 0.449 e. The Balaban J connectivity index is 0.00000405. The van der Waals surface area contributed by atoms with Crippen molar-refractivity contribution < 1.29 is 65.7 Å². The van der Waals surface area contributed by atoms with E-state index in [0.29, 0.717) is 22.0 Å². The molecule has 1 saturated carbocycles. The lowest BCUT2D eigenvalue weighted by atomic mass is 9.91. The maximum Gasteiger partial charge on any atom is 0.449 e. The van der Waals surface area contributed by atoms with E-state index in [4.69, 9.17) is 14.2 Å². The maximum atomic E-state index is 13.5. The first kappa shape index (κ1) is 32.0. The predicted molar refractivity (Wildman–Crippen MR) is 145 cm³/mol. The molecule has 2 aromatic carbocycles. The molecule has 42 heavy (non-hydrogen) atoms. The lowest BCUT2D eigenvalue weighted by Gasteiger charge is -2.27. The normalized spacial score (nSPS) is 20.5. The number of benzene rings is 2. The van der Waals surface area contributed by atoms with Gasteiger partial charge in [0.15, 0.2) is 17.3 Å². The van der Waals surface area contributed by atoms with E-state index >= 15 is 0 Å². The fourth-order valence-electron chi connectivity index (χ4n) is 5.64. The molecule has 6 nitrogen and oxygen atoms in total. The zero-order valence-electron chi connectivity index (χ0n) is 23.0. The van der Waals surface area contributed by atoms with Crippen molar-refractivity contribution >= 4 is 28.6 Å². The van der Waals surface area contributed by atoms with E-state index in [0.717, 1.165) is 31.8 Å². The minimum atomic E-state index is -4.63. The monoisotopic (exact) mass is 713 g/mol. The SMILES string of the molecule is CCC1(OC(=O)COC(=O)c2ccc(OC)c([S+]3c4ccccc4C(=O)C4=[C+]C(C(F)(F)F)=CCC43)c2)CCCC1.[I-]. The molecule has 11 heteroatoms. The van der Waals surface area contributed by atoms with Crippen LogP contribution in [0.5, 0.6) is 5.75 Å². The van der Waals surface area contributed by atoms with Gasteiger partial charge in [-0.25, -0.2) is 14.4 Å². The molecule has 1 heterocycles. The van der Waals surface area contributed by atoms with Crippen LogP contribution in [0.2, 0.25) is 0 Å². The summed E-state index contributed by atoms with van der Waals surface area (Å²) in [6, 6.07) is 11.4. The molecule has 0 aromatic heterocycles. The van der Waals surface area contributed by atoms with Crippen LogP contribution in [0.25, 0.3) is 0 Å². The fourth-order valence-corrected chi connectivity index (χ4v) is 8.43. The maximum absolute atomic E-state index is 13.5.